The lowest BCUT2D eigenvalue weighted by molar-refractivity contribution is 0.0981. The van der Waals surface area contributed by atoms with E-state index in [1.54, 1.807) is 7.11 Å². The number of para-hydroxylation sites is 1. The number of rotatable bonds is 11. The Balaban J connectivity index is 1.94. The third-order valence-electron chi connectivity index (χ3n) is 3.97. The first kappa shape index (κ1) is 19.5. The second-order valence-corrected chi connectivity index (χ2v) is 5.88. The Bertz CT molecular complexity index is 713. The molecule has 0 saturated carbocycles. The van der Waals surface area contributed by atoms with E-state index in [2.05, 4.69) is 6.07 Å². The normalized spacial score (nSPS) is 11.5. The predicted molar refractivity (Wildman–Crippen MR) is 103 cm³/mol. The van der Waals surface area contributed by atoms with Gasteiger partial charge < -0.3 is 19.5 Å². The predicted octanol–water partition coefficient (Wildman–Crippen LogP) is 2.74. The van der Waals surface area contributed by atoms with Gasteiger partial charge in [-0.15, -0.1) is 0 Å². The molecule has 2 aromatic rings. The van der Waals surface area contributed by atoms with Gasteiger partial charge >= 0.3 is 0 Å². The van der Waals surface area contributed by atoms with Gasteiger partial charge in [-0.1, -0.05) is 30.3 Å². The number of aryl methyl sites for hydroxylation is 2. The van der Waals surface area contributed by atoms with Gasteiger partial charge in [0.25, 0.3) is 0 Å². The highest BCUT2D eigenvalue weighted by Gasteiger charge is 2.10. The average molecular weight is 355 g/mol. The standard InChI is InChI=1S/C20H25N3O3/c1-25-19-7-4-5-16(11-19)9-10-17-6-2-3-8-20(17)26-13-18(24)12-23(14-21)15-22/h2-8,11,14-15,18,21-22,24H,9-10,12-13H2,1H3/t18-/m1/s1. The fourth-order valence-electron chi connectivity index (χ4n) is 2.58. The third kappa shape index (κ3) is 5.89. The van der Waals surface area contributed by atoms with Gasteiger partial charge in [-0.3, -0.25) is 10.8 Å². The fraction of sp³-hybridized carbons (Fsp3) is 0.300. The Hall–Kier alpha value is -2.86. The lowest BCUT2D eigenvalue weighted by Gasteiger charge is -2.19. The molecule has 138 valence electrons. The molecule has 0 aromatic heterocycles. The number of hydrogen-bond acceptors (Lipinski definition) is 5. The van der Waals surface area contributed by atoms with E-state index in [1.807, 2.05) is 42.5 Å². The van der Waals surface area contributed by atoms with E-state index in [1.165, 1.54) is 10.5 Å². The first-order valence-corrected chi connectivity index (χ1v) is 8.45. The topological polar surface area (TPSA) is 89.6 Å². The summed E-state index contributed by atoms with van der Waals surface area (Å²) in [5.41, 5.74) is 2.25. The van der Waals surface area contributed by atoms with Crippen LogP contribution in [0.4, 0.5) is 0 Å². The zero-order chi connectivity index (χ0) is 18.8. The molecule has 0 saturated heterocycles. The minimum absolute atomic E-state index is 0.106. The molecule has 0 aliphatic rings. The zero-order valence-electron chi connectivity index (χ0n) is 14.9. The third-order valence-corrected chi connectivity index (χ3v) is 3.97. The molecule has 6 nitrogen and oxygen atoms in total. The summed E-state index contributed by atoms with van der Waals surface area (Å²) in [6.45, 7) is 0.257. The summed E-state index contributed by atoms with van der Waals surface area (Å²) in [4.78, 5) is 1.28. The van der Waals surface area contributed by atoms with Crippen LogP contribution in [0.25, 0.3) is 0 Å². The van der Waals surface area contributed by atoms with Crippen LogP contribution >= 0.6 is 0 Å². The molecular formula is C20H25N3O3. The van der Waals surface area contributed by atoms with Crippen molar-refractivity contribution in [2.75, 3.05) is 20.3 Å². The van der Waals surface area contributed by atoms with Crippen molar-refractivity contribution in [1.82, 2.24) is 4.90 Å². The summed E-state index contributed by atoms with van der Waals surface area (Å²) in [6.07, 6.45) is 2.88. The molecular weight excluding hydrogens is 330 g/mol. The Morgan fingerprint density at radius 1 is 1.08 bits per heavy atom. The molecule has 2 rings (SSSR count). The van der Waals surface area contributed by atoms with Gasteiger partial charge in [0, 0.05) is 0 Å². The van der Waals surface area contributed by atoms with Crippen LogP contribution in [-0.2, 0) is 12.8 Å². The summed E-state index contributed by atoms with van der Waals surface area (Å²) < 4.78 is 11.0. The van der Waals surface area contributed by atoms with Crippen molar-refractivity contribution in [3.63, 3.8) is 0 Å². The molecule has 0 aliphatic carbocycles. The maximum atomic E-state index is 10.0. The van der Waals surface area contributed by atoms with E-state index in [-0.39, 0.29) is 13.2 Å². The number of aliphatic hydroxyl groups is 1. The monoisotopic (exact) mass is 355 g/mol. The van der Waals surface area contributed by atoms with Crippen LogP contribution in [0.5, 0.6) is 11.5 Å². The summed E-state index contributed by atoms with van der Waals surface area (Å²) in [5.74, 6) is 1.59. The van der Waals surface area contributed by atoms with Crippen molar-refractivity contribution in [3.05, 3.63) is 59.7 Å². The van der Waals surface area contributed by atoms with Crippen molar-refractivity contribution in [2.45, 2.75) is 18.9 Å². The lowest BCUT2D eigenvalue weighted by Crippen LogP contribution is -2.33. The number of hydrogen-bond donors (Lipinski definition) is 3. The van der Waals surface area contributed by atoms with Gasteiger partial charge in [-0.05, 0) is 42.2 Å². The molecule has 0 spiro atoms. The molecule has 6 heteroatoms. The lowest BCUT2D eigenvalue weighted by atomic mass is 10.0. The molecule has 0 aliphatic heterocycles. The molecule has 0 radical (unpaired) electrons. The van der Waals surface area contributed by atoms with Gasteiger partial charge in [-0.25, -0.2) is 0 Å². The van der Waals surface area contributed by atoms with Crippen LogP contribution in [0.3, 0.4) is 0 Å². The van der Waals surface area contributed by atoms with Crippen LogP contribution in [0.15, 0.2) is 48.5 Å². The van der Waals surface area contributed by atoms with Crippen molar-refractivity contribution >= 4 is 12.7 Å². The quantitative estimate of drug-likeness (QED) is 0.427. The number of methoxy groups -OCH3 is 1. The SMILES string of the molecule is COc1cccc(CCc2ccccc2OC[C@H](O)CN(C=N)C=N)c1. The Morgan fingerprint density at radius 3 is 2.58 bits per heavy atom. The first-order valence-electron chi connectivity index (χ1n) is 8.45. The van der Waals surface area contributed by atoms with Crippen molar-refractivity contribution in [2.24, 2.45) is 0 Å². The molecule has 0 amide bonds. The zero-order valence-corrected chi connectivity index (χ0v) is 14.9. The highest BCUT2D eigenvalue weighted by atomic mass is 16.5. The van der Waals surface area contributed by atoms with E-state index in [0.29, 0.717) is 0 Å². The van der Waals surface area contributed by atoms with Crippen molar-refractivity contribution < 1.29 is 14.6 Å². The molecule has 0 fully saturated rings. The maximum absolute atomic E-state index is 10.0. The Labute approximate surface area is 154 Å². The van der Waals surface area contributed by atoms with Crippen molar-refractivity contribution in [1.29, 1.82) is 10.8 Å². The van der Waals surface area contributed by atoms with Gasteiger partial charge in [0.1, 0.15) is 24.2 Å². The van der Waals surface area contributed by atoms with Crippen LogP contribution in [0.2, 0.25) is 0 Å². The summed E-state index contributed by atoms with van der Waals surface area (Å²) in [7, 11) is 1.66. The molecule has 3 N–H and O–H groups in total. The van der Waals surface area contributed by atoms with Gasteiger partial charge in [0.15, 0.2) is 0 Å². The number of aliphatic hydroxyl groups excluding tert-OH is 1. The van der Waals surface area contributed by atoms with Gasteiger partial charge in [0.05, 0.1) is 26.3 Å². The number of ether oxygens (including phenoxy) is 2. The minimum atomic E-state index is -0.787. The smallest absolute Gasteiger partial charge is 0.122 e. The van der Waals surface area contributed by atoms with E-state index >= 15 is 0 Å². The maximum Gasteiger partial charge on any atom is 0.122 e. The summed E-state index contributed by atoms with van der Waals surface area (Å²) in [6, 6.07) is 15.8. The molecule has 0 bridgehead atoms. The number of nitrogens with zero attached hydrogens (tertiary/aromatic N) is 1. The van der Waals surface area contributed by atoms with Gasteiger partial charge in [0.2, 0.25) is 0 Å². The van der Waals surface area contributed by atoms with Crippen LogP contribution in [0, 0.1) is 10.8 Å². The molecule has 1 atom stereocenters. The minimum Gasteiger partial charge on any atom is -0.497 e. The first-order chi connectivity index (χ1) is 12.7. The van der Waals surface area contributed by atoms with E-state index in [9.17, 15) is 5.11 Å². The molecule has 0 heterocycles. The number of benzene rings is 2. The second kappa shape index (κ2) is 10.2. The highest BCUT2D eigenvalue weighted by Crippen LogP contribution is 2.21. The van der Waals surface area contributed by atoms with Crippen LogP contribution in [0.1, 0.15) is 11.1 Å². The number of nitrogens with one attached hydrogen (secondary N) is 2. The van der Waals surface area contributed by atoms with E-state index in [4.69, 9.17) is 20.3 Å². The molecule has 0 unspecified atom stereocenters. The molecule has 26 heavy (non-hydrogen) atoms. The highest BCUT2D eigenvalue weighted by molar-refractivity contribution is 5.71. The summed E-state index contributed by atoms with van der Waals surface area (Å²) in [5, 5.41) is 24.3. The van der Waals surface area contributed by atoms with Crippen LogP contribution in [-0.4, -0.2) is 49.0 Å². The fourth-order valence-corrected chi connectivity index (χ4v) is 2.58. The van der Waals surface area contributed by atoms with E-state index < -0.39 is 6.10 Å². The largest absolute Gasteiger partial charge is 0.497 e. The summed E-state index contributed by atoms with van der Waals surface area (Å²) >= 11 is 0. The second-order valence-electron chi connectivity index (χ2n) is 5.88. The van der Waals surface area contributed by atoms with E-state index in [0.717, 1.165) is 42.6 Å². The Morgan fingerprint density at radius 2 is 1.85 bits per heavy atom. The van der Waals surface area contributed by atoms with Crippen LogP contribution < -0.4 is 9.47 Å². The average Bonchev–Trinajstić information content (AvgIpc) is 2.69. The Kier molecular flexibility index (Phi) is 7.64. The van der Waals surface area contributed by atoms with Crippen molar-refractivity contribution in [3.8, 4) is 11.5 Å². The van der Waals surface area contributed by atoms with Gasteiger partial charge in [-0.2, -0.15) is 0 Å². The molecule has 2 aromatic carbocycles.